The first kappa shape index (κ1) is 16.5. The zero-order valence-corrected chi connectivity index (χ0v) is 15.0. The molecule has 3 unspecified atom stereocenters. The van der Waals surface area contributed by atoms with E-state index in [-0.39, 0.29) is 5.97 Å². The van der Waals surface area contributed by atoms with E-state index in [1.54, 1.807) is 13.3 Å². The summed E-state index contributed by atoms with van der Waals surface area (Å²) < 4.78 is 11.0. The molecule has 134 valence electrons. The van der Waals surface area contributed by atoms with E-state index in [0.717, 1.165) is 35.2 Å². The number of fused-ring (bicyclic) bond motifs is 3. The lowest BCUT2D eigenvalue weighted by atomic mass is 9.80. The first-order valence-corrected chi connectivity index (χ1v) is 9.21. The first-order chi connectivity index (χ1) is 12.2. The van der Waals surface area contributed by atoms with E-state index in [1.807, 2.05) is 19.1 Å². The number of nitrogens with zero attached hydrogens (tertiary/aromatic N) is 1. The van der Waals surface area contributed by atoms with E-state index < -0.39 is 0 Å². The number of aromatic nitrogens is 1. The van der Waals surface area contributed by atoms with Crippen molar-refractivity contribution in [2.24, 2.45) is 11.8 Å². The summed E-state index contributed by atoms with van der Waals surface area (Å²) in [7, 11) is 1.65. The van der Waals surface area contributed by atoms with Crippen LogP contribution in [0.4, 0.5) is 0 Å². The standard InChI is InChI=1S/C20H26N2O3/c1-13-8-16(24-2)9-18-19(13)17(10-21-18)20(23)25-12-15-5-7-22-6-3-4-14(15)11-22/h8-10,14-15,21H,3-7,11-12H2,1-2H3. The zero-order valence-electron chi connectivity index (χ0n) is 15.0. The van der Waals surface area contributed by atoms with Gasteiger partial charge in [0.25, 0.3) is 0 Å². The van der Waals surface area contributed by atoms with Crippen LogP contribution in [0.1, 0.15) is 35.2 Å². The number of hydrogen-bond donors (Lipinski definition) is 1. The summed E-state index contributed by atoms with van der Waals surface area (Å²) in [5.41, 5.74) is 2.55. The van der Waals surface area contributed by atoms with E-state index in [4.69, 9.17) is 9.47 Å². The van der Waals surface area contributed by atoms with Crippen LogP contribution in [0.2, 0.25) is 0 Å². The number of H-pyrrole nitrogens is 1. The SMILES string of the molecule is COc1cc(C)c2c(C(=O)OCC3CCN4CCCC3C4)c[nH]c2c1. The number of esters is 1. The van der Waals surface area contributed by atoms with Gasteiger partial charge in [0.15, 0.2) is 0 Å². The molecule has 3 heterocycles. The Morgan fingerprint density at radius 3 is 3.04 bits per heavy atom. The maximum absolute atomic E-state index is 12.7. The Labute approximate surface area is 148 Å². The van der Waals surface area contributed by atoms with E-state index in [1.165, 1.54) is 25.9 Å². The molecule has 0 amide bonds. The van der Waals surface area contributed by atoms with Crippen molar-refractivity contribution in [2.45, 2.75) is 26.2 Å². The maximum atomic E-state index is 12.7. The predicted octanol–water partition coefficient (Wildman–Crippen LogP) is 3.37. The predicted molar refractivity (Wildman–Crippen MR) is 97.1 cm³/mol. The molecule has 4 rings (SSSR count). The number of nitrogens with one attached hydrogen (secondary N) is 1. The molecule has 2 bridgehead atoms. The molecule has 0 spiro atoms. The third kappa shape index (κ3) is 3.13. The summed E-state index contributed by atoms with van der Waals surface area (Å²) in [5.74, 6) is 1.75. The highest BCUT2D eigenvalue weighted by molar-refractivity contribution is 6.05. The zero-order chi connectivity index (χ0) is 17.4. The van der Waals surface area contributed by atoms with Gasteiger partial charge in [-0.25, -0.2) is 4.79 Å². The molecule has 2 fully saturated rings. The van der Waals surface area contributed by atoms with Gasteiger partial charge in [0.1, 0.15) is 5.75 Å². The van der Waals surface area contributed by atoms with Crippen molar-refractivity contribution in [3.63, 3.8) is 0 Å². The highest BCUT2D eigenvalue weighted by Gasteiger charge is 2.32. The van der Waals surface area contributed by atoms with Gasteiger partial charge in [-0.3, -0.25) is 0 Å². The quantitative estimate of drug-likeness (QED) is 0.866. The third-order valence-electron chi connectivity index (χ3n) is 5.86. The Kier molecular flexibility index (Phi) is 4.42. The minimum absolute atomic E-state index is 0.224. The molecule has 2 aliphatic heterocycles. The molecule has 5 nitrogen and oxygen atoms in total. The summed E-state index contributed by atoms with van der Waals surface area (Å²) in [4.78, 5) is 18.4. The molecule has 2 saturated heterocycles. The number of carbonyl (C=O) groups excluding carboxylic acids is 1. The second-order valence-corrected chi connectivity index (χ2v) is 7.42. The normalized spacial score (nSPS) is 25.8. The third-order valence-corrected chi connectivity index (χ3v) is 5.86. The van der Waals surface area contributed by atoms with Crippen molar-refractivity contribution < 1.29 is 14.3 Å². The molecule has 1 aromatic heterocycles. The van der Waals surface area contributed by atoms with Crippen LogP contribution < -0.4 is 4.74 Å². The lowest BCUT2D eigenvalue weighted by Crippen LogP contribution is -2.45. The smallest absolute Gasteiger partial charge is 0.340 e. The molecule has 5 heteroatoms. The fourth-order valence-electron chi connectivity index (χ4n) is 4.47. The fraction of sp³-hybridized carbons (Fsp3) is 0.550. The highest BCUT2D eigenvalue weighted by Crippen LogP contribution is 2.32. The number of benzene rings is 1. The van der Waals surface area contributed by atoms with Gasteiger partial charge in [0.2, 0.25) is 0 Å². The van der Waals surface area contributed by atoms with Crippen LogP contribution >= 0.6 is 0 Å². The Morgan fingerprint density at radius 1 is 1.32 bits per heavy atom. The number of aromatic amines is 1. The first-order valence-electron chi connectivity index (χ1n) is 9.21. The average Bonchev–Trinajstić information content (AvgIpc) is 3.05. The van der Waals surface area contributed by atoms with E-state index in [2.05, 4.69) is 9.88 Å². The number of hydrogen-bond acceptors (Lipinski definition) is 4. The Morgan fingerprint density at radius 2 is 2.20 bits per heavy atom. The monoisotopic (exact) mass is 342 g/mol. The minimum Gasteiger partial charge on any atom is -0.497 e. The molecule has 2 aliphatic rings. The van der Waals surface area contributed by atoms with Gasteiger partial charge < -0.3 is 19.4 Å². The topological polar surface area (TPSA) is 54.6 Å². The number of rotatable bonds is 4. The second-order valence-electron chi connectivity index (χ2n) is 7.42. The van der Waals surface area contributed by atoms with Gasteiger partial charge in [0, 0.05) is 24.2 Å². The molecule has 0 radical (unpaired) electrons. The van der Waals surface area contributed by atoms with Crippen LogP contribution in [0.25, 0.3) is 10.9 Å². The summed E-state index contributed by atoms with van der Waals surface area (Å²) in [5, 5.41) is 0.929. The molecule has 0 saturated carbocycles. The highest BCUT2D eigenvalue weighted by atomic mass is 16.5. The number of ether oxygens (including phenoxy) is 2. The molecule has 1 aromatic carbocycles. The van der Waals surface area contributed by atoms with E-state index in [0.29, 0.717) is 24.0 Å². The number of aryl methyl sites for hydroxylation is 1. The van der Waals surface area contributed by atoms with Crippen LogP contribution in [-0.4, -0.2) is 49.2 Å². The minimum atomic E-state index is -0.224. The number of piperidine rings is 2. The summed E-state index contributed by atoms with van der Waals surface area (Å²) >= 11 is 0. The second kappa shape index (κ2) is 6.71. The summed E-state index contributed by atoms with van der Waals surface area (Å²) in [6, 6.07) is 3.86. The molecule has 2 aromatic rings. The van der Waals surface area contributed by atoms with Crippen LogP contribution in [0.5, 0.6) is 5.75 Å². The van der Waals surface area contributed by atoms with Gasteiger partial charge in [-0.15, -0.1) is 0 Å². The van der Waals surface area contributed by atoms with Gasteiger partial charge in [-0.05, 0) is 62.7 Å². The molecular weight excluding hydrogens is 316 g/mol. The van der Waals surface area contributed by atoms with Crippen molar-refractivity contribution in [3.05, 3.63) is 29.5 Å². The summed E-state index contributed by atoms with van der Waals surface area (Å²) in [6.07, 6.45) is 5.44. The van der Waals surface area contributed by atoms with Gasteiger partial charge in [-0.2, -0.15) is 0 Å². The Bertz CT molecular complexity index is 783. The van der Waals surface area contributed by atoms with Gasteiger partial charge >= 0.3 is 5.97 Å². The molecular formula is C20H26N2O3. The maximum Gasteiger partial charge on any atom is 0.340 e. The largest absolute Gasteiger partial charge is 0.497 e. The van der Waals surface area contributed by atoms with Crippen molar-refractivity contribution >= 4 is 16.9 Å². The van der Waals surface area contributed by atoms with Crippen molar-refractivity contribution in [1.82, 2.24) is 9.88 Å². The number of carbonyl (C=O) groups is 1. The average molecular weight is 342 g/mol. The van der Waals surface area contributed by atoms with Crippen molar-refractivity contribution in [2.75, 3.05) is 33.4 Å². The van der Waals surface area contributed by atoms with E-state index in [9.17, 15) is 4.79 Å². The van der Waals surface area contributed by atoms with Crippen molar-refractivity contribution in [1.29, 1.82) is 0 Å². The van der Waals surface area contributed by atoms with Crippen LogP contribution in [0, 0.1) is 18.8 Å². The van der Waals surface area contributed by atoms with Gasteiger partial charge in [0.05, 0.1) is 24.8 Å². The lowest BCUT2D eigenvalue weighted by Gasteiger charge is -2.42. The Hall–Kier alpha value is -2.01. The Balaban J connectivity index is 1.47. The van der Waals surface area contributed by atoms with Crippen molar-refractivity contribution in [3.8, 4) is 5.75 Å². The van der Waals surface area contributed by atoms with Crippen LogP contribution in [-0.2, 0) is 4.74 Å². The fourth-order valence-corrected chi connectivity index (χ4v) is 4.47. The van der Waals surface area contributed by atoms with E-state index >= 15 is 0 Å². The van der Waals surface area contributed by atoms with Crippen LogP contribution in [0.15, 0.2) is 18.3 Å². The summed E-state index contributed by atoms with van der Waals surface area (Å²) in [6.45, 7) is 6.09. The molecule has 0 aliphatic carbocycles. The lowest BCUT2D eigenvalue weighted by molar-refractivity contribution is 0.0129. The molecule has 1 N–H and O–H groups in total. The molecule has 3 atom stereocenters. The van der Waals surface area contributed by atoms with Crippen LogP contribution in [0.3, 0.4) is 0 Å². The number of methoxy groups -OCH3 is 1. The van der Waals surface area contributed by atoms with Gasteiger partial charge in [-0.1, -0.05) is 0 Å². The molecule has 25 heavy (non-hydrogen) atoms.